The molecule has 0 saturated heterocycles. The van der Waals surface area contributed by atoms with Gasteiger partial charge in [-0.15, -0.1) is 0 Å². The Morgan fingerprint density at radius 1 is 1.00 bits per heavy atom. The first-order valence-electron chi connectivity index (χ1n) is 7.23. The summed E-state index contributed by atoms with van der Waals surface area (Å²) in [6.45, 7) is 3.10. The summed E-state index contributed by atoms with van der Waals surface area (Å²) >= 11 is 0. The van der Waals surface area contributed by atoms with Gasteiger partial charge in [-0.3, -0.25) is 4.98 Å². The summed E-state index contributed by atoms with van der Waals surface area (Å²) in [6, 6.07) is 17.8. The molecule has 0 atom stereocenters. The molecule has 1 N–H and O–H groups in total. The van der Waals surface area contributed by atoms with E-state index >= 15 is 0 Å². The highest BCUT2D eigenvalue weighted by Crippen LogP contribution is 2.31. The summed E-state index contributed by atoms with van der Waals surface area (Å²) in [5.41, 5.74) is 1.97. The fourth-order valence-electron chi connectivity index (χ4n) is 2.26. The maximum atomic E-state index is 5.96. The number of pyridine rings is 1. The van der Waals surface area contributed by atoms with Crippen molar-refractivity contribution in [3.63, 3.8) is 0 Å². The molecule has 0 fully saturated rings. The largest absolute Gasteiger partial charge is 0.455 e. The van der Waals surface area contributed by atoms with Gasteiger partial charge in [0.15, 0.2) is 5.75 Å². The van der Waals surface area contributed by atoms with Gasteiger partial charge < -0.3 is 10.1 Å². The fraction of sp³-hybridized carbons (Fsp3) is 0.167. The van der Waals surface area contributed by atoms with Crippen molar-refractivity contribution in [2.75, 3.05) is 11.9 Å². The van der Waals surface area contributed by atoms with Gasteiger partial charge in [0.05, 0.1) is 0 Å². The second-order valence-corrected chi connectivity index (χ2v) is 4.85. The second kappa shape index (κ2) is 6.27. The number of anilines is 1. The van der Waals surface area contributed by atoms with Gasteiger partial charge in [-0.05, 0) is 30.7 Å². The monoisotopic (exact) mass is 278 g/mol. The number of rotatable bonds is 5. The lowest BCUT2D eigenvalue weighted by atomic mass is 10.1. The van der Waals surface area contributed by atoms with Crippen molar-refractivity contribution in [3.05, 3.63) is 60.8 Å². The highest BCUT2D eigenvalue weighted by Gasteiger charge is 2.07. The summed E-state index contributed by atoms with van der Waals surface area (Å²) in [5.74, 6) is 1.59. The van der Waals surface area contributed by atoms with Gasteiger partial charge in [0.2, 0.25) is 0 Å². The van der Waals surface area contributed by atoms with Gasteiger partial charge in [0, 0.05) is 23.8 Å². The maximum absolute atomic E-state index is 5.96. The van der Waals surface area contributed by atoms with Gasteiger partial charge in [0.1, 0.15) is 11.3 Å². The number of fused-ring (bicyclic) bond motifs is 1. The number of nitrogens with zero attached hydrogens (tertiary/aromatic N) is 1. The third-order valence-electron chi connectivity index (χ3n) is 3.27. The molecule has 3 heteroatoms. The molecule has 0 saturated carbocycles. The van der Waals surface area contributed by atoms with E-state index in [-0.39, 0.29) is 0 Å². The number of hydrogen-bond acceptors (Lipinski definition) is 3. The molecule has 21 heavy (non-hydrogen) atoms. The van der Waals surface area contributed by atoms with Crippen LogP contribution in [0.4, 0.5) is 5.69 Å². The summed E-state index contributed by atoms with van der Waals surface area (Å²) in [7, 11) is 0. The van der Waals surface area contributed by atoms with Gasteiger partial charge >= 0.3 is 0 Å². The van der Waals surface area contributed by atoms with Crippen LogP contribution < -0.4 is 10.1 Å². The number of nitrogens with one attached hydrogen (secondary N) is 1. The fourth-order valence-corrected chi connectivity index (χ4v) is 2.26. The molecule has 3 nitrogen and oxygen atoms in total. The van der Waals surface area contributed by atoms with Crippen LogP contribution in [0.25, 0.3) is 10.9 Å². The molecule has 1 aromatic heterocycles. The Morgan fingerprint density at radius 3 is 2.67 bits per heavy atom. The quantitative estimate of drug-likeness (QED) is 0.724. The Kier molecular flexibility index (Phi) is 4.01. The molecule has 2 aromatic carbocycles. The number of para-hydroxylation sites is 2. The summed E-state index contributed by atoms with van der Waals surface area (Å²) < 4.78 is 5.96. The summed E-state index contributed by atoms with van der Waals surface area (Å²) in [4.78, 5) is 4.48. The molecule has 3 rings (SSSR count). The van der Waals surface area contributed by atoms with Crippen molar-refractivity contribution >= 4 is 16.6 Å². The predicted molar refractivity (Wildman–Crippen MR) is 87.0 cm³/mol. The Labute approximate surface area is 124 Å². The van der Waals surface area contributed by atoms with Gasteiger partial charge in [0.25, 0.3) is 0 Å². The zero-order valence-electron chi connectivity index (χ0n) is 12.0. The van der Waals surface area contributed by atoms with E-state index in [1.54, 1.807) is 0 Å². The average Bonchev–Trinajstić information content (AvgIpc) is 2.54. The lowest BCUT2D eigenvalue weighted by Gasteiger charge is -2.11. The van der Waals surface area contributed by atoms with Gasteiger partial charge in [-0.1, -0.05) is 37.3 Å². The first-order chi connectivity index (χ1) is 10.4. The number of hydrogen-bond donors (Lipinski definition) is 1. The van der Waals surface area contributed by atoms with Crippen LogP contribution >= 0.6 is 0 Å². The van der Waals surface area contributed by atoms with Crippen molar-refractivity contribution in [2.45, 2.75) is 13.3 Å². The van der Waals surface area contributed by atoms with E-state index in [0.29, 0.717) is 0 Å². The van der Waals surface area contributed by atoms with Crippen LogP contribution in [-0.4, -0.2) is 11.5 Å². The second-order valence-electron chi connectivity index (χ2n) is 4.85. The van der Waals surface area contributed by atoms with E-state index < -0.39 is 0 Å². The molecule has 0 radical (unpaired) electrons. The van der Waals surface area contributed by atoms with Crippen molar-refractivity contribution in [1.29, 1.82) is 0 Å². The third kappa shape index (κ3) is 2.97. The normalized spacial score (nSPS) is 10.5. The zero-order chi connectivity index (χ0) is 14.5. The standard InChI is InChI=1S/C18H18N2O/c1-2-12-19-16-11-13-20-18-15(16)9-6-10-17(18)21-14-7-4-3-5-8-14/h3-11,13H,2,12H2,1H3,(H,19,20). The molecular weight excluding hydrogens is 260 g/mol. The molecule has 106 valence electrons. The Bertz CT molecular complexity index is 726. The molecular formula is C18H18N2O. The smallest absolute Gasteiger partial charge is 0.153 e. The van der Waals surface area contributed by atoms with Crippen LogP contribution in [-0.2, 0) is 0 Å². The highest BCUT2D eigenvalue weighted by molar-refractivity contribution is 5.94. The van der Waals surface area contributed by atoms with E-state index in [4.69, 9.17) is 4.74 Å². The van der Waals surface area contributed by atoms with Crippen LogP contribution in [0.15, 0.2) is 60.8 Å². The SMILES string of the molecule is CCCNc1ccnc2c(Oc3ccccc3)cccc12. The van der Waals surface area contributed by atoms with E-state index in [1.165, 1.54) is 0 Å². The lowest BCUT2D eigenvalue weighted by molar-refractivity contribution is 0.487. The van der Waals surface area contributed by atoms with Crippen molar-refractivity contribution < 1.29 is 4.74 Å². The molecule has 0 spiro atoms. The van der Waals surface area contributed by atoms with E-state index in [1.807, 2.05) is 54.7 Å². The van der Waals surface area contributed by atoms with Crippen LogP contribution in [0.2, 0.25) is 0 Å². The van der Waals surface area contributed by atoms with Crippen LogP contribution in [0, 0.1) is 0 Å². The molecule has 3 aromatic rings. The minimum absolute atomic E-state index is 0.777. The first-order valence-corrected chi connectivity index (χ1v) is 7.23. The predicted octanol–water partition coefficient (Wildman–Crippen LogP) is 4.85. The maximum Gasteiger partial charge on any atom is 0.153 e. The van der Waals surface area contributed by atoms with Crippen molar-refractivity contribution in [3.8, 4) is 11.5 Å². The number of benzene rings is 2. The van der Waals surface area contributed by atoms with E-state index in [2.05, 4.69) is 23.3 Å². The number of aromatic nitrogens is 1. The van der Waals surface area contributed by atoms with Crippen molar-refractivity contribution in [1.82, 2.24) is 4.98 Å². The Hall–Kier alpha value is -2.55. The molecule has 1 heterocycles. The van der Waals surface area contributed by atoms with Crippen LogP contribution in [0.1, 0.15) is 13.3 Å². The molecule has 0 bridgehead atoms. The van der Waals surface area contributed by atoms with Gasteiger partial charge in [-0.25, -0.2) is 0 Å². The Balaban J connectivity index is 2.00. The van der Waals surface area contributed by atoms with Gasteiger partial charge in [-0.2, -0.15) is 0 Å². The van der Waals surface area contributed by atoms with Crippen LogP contribution in [0.5, 0.6) is 11.5 Å². The summed E-state index contributed by atoms with van der Waals surface area (Å²) in [5, 5.41) is 4.52. The minimum Gasteiger partial charge on any atom is -0.455 e. The van der Waals surface area contributed by atoms with Crippen LogP contribution in [0.3, 0.4) is 0 Å². The molecule has 0 aliphatic heterocycles. The molecule has 0 aliphatic carbocycles. The first kappa shape index (κ1) is 13.4. The number of ether oxygens (including phenoxy) is 1. The summed E-state index contributed by atoms with van der Waals surface area (Å²) in [6.07, 6.45) is 2.90. The topological polar surface area (TPSA) is 34.2 Å². The van der Waals surface area contributed by atoms with Crippen molar-refractivity contribution in [2.24, 2.45) is 0 Å². The minimum atomic E-state index is 0.777. The van der Waals surface area contributed by atoms with E-state index in [9.17, 15) is 0 Å². The third-order valence-corrected chi connectivity index (χ3v) is 3.27. The molecule has 0 amide bonds. The molecule has 0 aliphatic rings. The average molecular weight is 278 g/mol. The van der Waals surface area contributed by atoms with E-state index in [0.717, 1.165) is 41.1 Å². The Morgan fingerprint density at radius 2 is 1.86 bits per heavy atom. The molecule has 0 unspecified atom stereocenters. The highest BCUT2D eigenvalue weighted by atomic mass is 16.5. The zero-order valence-corrected chi connectivity index (χ0v) is 12.0. The lowest BCUT2D eigenvalue weighted by Crippen LogP contribution is -2.00.